The number of nitrogens with zero attached hydrogens (tertiary/aromatic N) is 3. The number of hydrogen-bond donors (Lipinski definition) is 2. The van der Waals surface area contributed by atoms with Gasteiger partial charge < -0.3 is 11.1 Å². The third kappa shape index (κ3) is 5.24. The second-order valence-electron chi connectivity index (χ2n) is 4.67. The lowest BCUT2D eigenvalue weighted by molar-refractivity contribution is -0.122. The highest BCUT2D eigenvalue weighted by atomic mass is 35.5. The predicted molar refractivity (Wildman–Crippen MR) is 84.2 cm³/mol. The van der Waals surface area contributed by atoms with Crippen LogP contribution in [-0.2, 0) is 11.3 Å². The van der Waals surface area contributed by atoms with E-state index in [0.29, 0.717) is 18.2 Å². The number of hydrogen-bond acceptors (Lipinski definition) is 6. The van der Waals surface area contributed by atoms with E-state index in [0.717, 1.165) is 32.7 Å². The fourth-order valence-electron chi connectivity index (χ4n) is 2.18. The van der Waals surface area contributed by atoms with Crippen molar-refractivity contribution in [2.24, 2.45) is 0 Å². The molecule has 8 heteroatoms. The minimum atomic E-state index is 0. The molecule has 0 aromatic carbocycles. The summed E-state index contributed by atoms with van der Waals surface area (Å²) in [5, 5.41) is 3.46. The zero-order valence-corrected chi connectivity index (χ0v) is 13.3. The van der Waals surface area contributed by atoms with E-state index < -0.39 is 0 Å². The van der Waals surface area contributed by atoms with E-state index in [1.54, 1.807) is 11.3 Å². The van der Waals surface area contributed by atoms with Gasteiger partial charge in [0.05, 0.1) is 6.54 Å². The van der Waals surface area contributed by atoms with Crippen molar-refractivity contribution in [3.8, 4) is 0 Å². The first-order valence-corrected chi connectivity index (χ1v) is 7.40. The molecule has 2 heterocycles. The largest absolute Gasteiger partial charge is 0.375 e. The third-order valence-electron chi connectivity index (χ3n) is 3.16. The summed E-state index contributed by atoms with van der Waals surface area (Å²) < 4.78 is 0. The van der Waals surface area contributed by atoms with Gasteiger partial charge in [-0.1, -0.05) is 0 Å². The molecule has 1 aromatic rings. The van der Waals surface area contributed by atoms with Gasteiger partial charge in [0, 0.05) is 50.3 Å². The van der Waals surface area contributed by atoms with Crippen molar-refractivity contribution in [3.05, 3.63) is 11.1 Å². The molecule has 114 valence electrons. The molecule has 0 spiro atoms. The Morgan fingerprint density at radius 2 is 2.05 bits per heavy atom. The molecule has 1 amide bonds. The first-order chi connectivity index (χ1) is 9.17. The van der Waals surface area contributed by atoms with Crippen molar-refractivity contribution >= 4 is 34.8 Å². The van der Waals surface area contributed by atoms with Crippen LogP contribution >= 0.6 is 23.7 Å². The number of carbonyl (C=O) groups is 1. The van der Waals surface area contributed by atoms with Crippen LogP contribution in [0.5, 0.6) is 0 Å². The summed E-state index contributed by atoms with van der Waals surface area (Å²) in [7, 11) is 0. The van der Waals surface area contributed by atoms with Crippen molar-refractivity contribution < 1.29 is 4.79 Å². The Hall–Kier alpha value is -0.890. The normalized spacial score (nSPS) is 16.6. The highest BCUT2D eigenvalue weighted by molar-refractivity contribution is 7.15. The Labute approximate surface area is 129 Å². The molecule has 6 nitrogen and oxygen atoms in total. The van der Waals surface area contributed by atoms with Crippen LogP contribution in [0.15, 0.2) is 6.20 Å². The van der Waals surface area contributed by atoms with Gasteiger partial charge in [-0.3, -0.25) is 14.6 Å². The molecule has 20 heavy (non-hydrogen) atoms. The first kappa shape index (κ1) is 17.2. The Morgan fingerprint density at radius 1 is 1.40 bits per heavy atom. The van der Waals surface area contributed by atoms with Crippen LogP contribution in [0.25, 0.3) is 0 Å². The first-order valence-electron chi connectivity index (χ1n) is 6.59. The number of nitrogens with two attached hydrogens (primary N) is 1. The third-order valence-corrected chi connectivity index (χ3v) is 3.97. The van der Waals surface area contributed by atoms with E-state index in [4.69, 9.17) is 5.73 Å². The second-order valence-corrected chi connectivity index (χ2v) is 5.82. The van der Waals surface area contributed by atoms with Crippen LogP contribution in [0.2, 0.25) is 0 Å². The highest BCUT2D eigenvalue weighted by Crippen LogP contribution is 2.17. The maximum absolute atomic E-state index is 11.5. The summed E-state index contributed by atoms with van der Waals surface area (Å²) in [6.07, 6.45) is 1.85. The number of aromatic nitrogens is 1. The molecule has 0 bridgehead atoms. The zero-order chi connectivity index (χ0) is 13.7. The van der Waals surface area contributed by atoms with E-state index in [-0.39, 0.29) is 18.3 Å². The number of carbonyl (C=O) groups excluding carboxylic acids is 1. The predicted octanol–water partition coefficient (Wildman–Crippen LogP) is 0.401. The van der Waals surface area contributed by atoms with Crippen LogP contribution in [0.3, 0.4) is 0 Å². The molecule has 3 N–H and O–H groups in total. The van der Waals surface area contributed by atoms with Crippen molar-refractivity contribution in [2.75, 3.05) is 45.0 Å². The lowest BCUT2D eigenvalue weighted by atomic mass is 10.3. The standard InChI is InChI=1S/C12H21N5OS.ClH/c1-2-14-11(18)9-17-5-3-16(4-6-17)8-10-7-15-12(13)19-10;/h7H,2-6,8-9H2,1H3,(H2,13,15)(H,14,18);1H. The number of amides is 1. The number of halogens is 1. The molecule has 1 aromatic heterocycles. The quantitative estimate of drug-likeness (QED) is 0.822. The van der Waals surface area contributed by atoms with Crippen molar-refractivity contribution in [1.29, 1.82) is 0 Å². The maximum Gasteiger partial charge on any atom is 0.234 e. The number of thiazole rings is 1. The lowest BCUT2D eigenvalue weighted by Gasteiger charge is -2.33. The summed E-state index contributed by atoms with van der Waals surface area (Å²) >= 11 is 1.55. The molecule has 1 aliphatic heterocycles. The van der Waals surface area contributed by atoms with Crippen LogP contribution < -0.4 is 11.1 Å². The van der Waals surface area contributed by atoms with Gasteiger partial charge in [0.15, 0.2) is 5.13 Å². The molecule has 1 fully saturated rings. The van der Waals surface area contributed by atoms with Crippen molar-refractivity contribution in [2.45, 2.75) is 13.5 Å². The van der Waals surface area contributed by atoms with Crippen molar-refractivity contribution in [1.82, 2.24) is 20.1 Å². The molecule has 1 aliphatic rings. The average Bonchev–Trinajstić information content (AvgIpc) is 2.78. The summed E-state index contributed by atoms with van der Waals surface area (Å²) in [5.74, 6) is 0.117. The smallest absolute Gasteiger partial charge is 0.234 e. The Balaban J connectivity index is 0.00000200. The van der Waals surface area contributed by atoms with Gasteiger partial charge in [-0.05, 0) is 6.92 Å². The van der Waals surface area contributed by atoms with E-state index in [9.17, 15) is 4.79 Å². The monoisotopic (exact) mass is 319 g/mol. The molecule has 0 aliphatic carbocycles. The van der Waals surface area contributed by atoms with Crippen LogP contribution in [0, 0.1) is 0 Å². The Kier molecular flexibility index (Phi) is 7.22. The summed E-state index contributed by atoms with van der Waals surface area (Å²) in [6, 6.07) is 0. The molecular formula is C12H22ClN5OS. The van der Waals surface area contributed by atoms with Gasteiger partial charge in [0.25, 0.3) is 0 Å². The number of piperazine rings is 1. The van der Waals surface area contributed by atoms with Gasteiger partial charge in [0.2, 0.25) is 5.91 Å². The van der Waals surface area contributed by atoms with Gasteiger partial charge in [0.1, 0.15) is 0 Å². The van der Waals surface area contributed by atoms with Crippen molar-refractivity contribution in [3.63, 3.8) is 0 Å². The van der Waals surface area contributed by atoms with Gasteiger partial charge >= 0.3 is 0 Å². The topological polar surface area (TPSA) is 74.5 Å². The molecule has 0 saturated carbocycles. The highest BCUT2D eigenvalue weighted by Gasteiger charge is 2.19. The van der Waals surface area contributed by atoms with E-state index in [2.05, 4.69) is 20.1 Å². The number of anilines is 1. The fraction of sp³-hybridized carbons (Fsp3) is 0.667. The number of likely N-dealkylation sites (N-methyl/N-ethyl adjacent to an activating group) is 1. The molecule has 2 rings (SSSR count). The number of nitrogens with one attached hydrogen (secondary N) is 1. The maximum atomic E-state index is 11.5. The van der Waals surface area contributed by atoms with Gasteiger partial charge in [-0.25, -0.2) is 4.98 Å². The molecule has 1 saturated heterocycles. The summed E-state index contributed by atoms with van der Waals surface area (Å²) in [6.45, 7) is 7.90. The molecule has 0 unspecified atom stereocenters. The van der Waals surface area contributed by atoms with E-state index >= 15 is 0 Å². The summed E-state index contributed by atoms with van der Waals surface area (Å²) in [5.41, 5.74) is 5.63. The molecule has 0 radical (unpaired) electrons. The van der Waals surface area contributed by atoms with E-state index in [1.165, 1.54) is 4.88 Å². The minimum Gasteiger partial charge on any atom is -0.375 e. The van der Waals surface area contributed by atoms with Crippen LogP contribution in [0.1, 0.15) is 11.8 Å². The Morgan fingerprint density at radius 3 is 2.60 bits per heavy atom. The van der Waals surface area contributed by atoms with Gasteiger partial charge in [-0.15, -0.1) is 23.7 Å². The lowest BCUT2D eigenvalue weighted by Crippen LogP contribution is -2.49. The number of rotatable bonds is 5. The van der Waals surface area contributed by atoms with Crippen LogP contribution in [-0.4, -0.2) is 60.0 Å². The Bertz CT molecular complexity index is 420. The SMILES string of the molecule is CCNC(=O)CN1CCN(Cc2cnc(N)s2)CC1.Cl. The number of nitrogen functional groups attached to an aromatic ring is 1. The average molecular weight is 320 g/mol. The van der Waals surface area contributed by atoms with Gasteiger partial charge in [-0.2, -0.15) is 0 Å². The minimum absolute atomic E-state index is 0. The summed E-state index contributed by atoms with van der Waals surface area (Å²) in [4.78, 5) is 21.3. The zero-order valence-electron chi connectivity index (χ0n) is 11.7. The van der Waals surface area contributed by atoms with Crippen LogP contribution in [0.4, 0.5) is 5.13 Å². The van der Waals surface area contributed by atoms with E-state index in [1.807, 2.05) is 13.1 Å². The fourth-order valence-corrected chi connectivity index (χ4v) is 2.90. The second kappa shape index (κ2) is 8.41. The molecular weight excluding hydrogens is 298 g/mol. The molecule has 0 atom stereocenters.